The second-order valence-corrected chi connectivity index (χ2v) is 5.26. The topological polar surface area (TPSA) is 73.9 Å². The van der Waals surface area contributed by atoms with Gasteiger partial charge in [-0.3, -0.25) is 4.79 Å². The maximum atomic E-state index is 12.5. The minimum Gasteiger partial charge on any atom is -0.497 e. The Morgan fingerprint density at radius 1 is 1.04 bits per heavy atom. The van der Waals surface area contributed by atoms with Crippen LogP contribution in [0, 0.1) is 0 Å². The summed E-state index contributed by atoms with van der Waals surface area (Å²) in [5.74, 6) is 0.436. The Balaban J connectivity index is 2.08. The minimum atomic E-state index is -0.672. The number of carbonyl (C=O) groups excluding carboxylic acids is 2. The second-order valence-electron chi connectivity index (χ2n) is 5.26. The predicted octanol–water partition coefficient (Wildman–Crippen LogP) is 3.28. The predicted molar refractivity (Wildman–Crippen MR) is 94.1 cm³/mol. The number of methoxy groups -OCH3 is 2. The summed E-state index contributed by atoms with van der Waals surface area (Å²) in [6.07, 6.45) is -0.186. The number of ether oxygens (including phenoxy) is 3. The van der Waals surface area contributed by atoms with E-state index >= 15 is 0 Å². The van der Waals surface area contributed by atoms with Crippen molar-refractivity contribution in [3.05, 3.63) is 54.1 Å². The highest BCUT2D eigenvalue weighted by molar-refractivity contribution is 5.96. The van der Waals surface area contributed by atoms with Crippen LogP contribution in [-0.2, 0) is 9.53 Å². The highest BCUT2D eigenvalue weighted by atomic mass is 16.5. The van der Waals surface area contributed by atoms with E-state index in [1.807, 2.05) is 6.92 Å². The average molecular weight is 343 g/mol. The van der Waals surface area contributed by atoms with Crippen LogP contribution < -0.4 is 14.8 Å². The Labute approximate surface area is 146 Å². The van der Waals surface area contributed by atoms with Gasteiger partial charge in [-0.15, -0.1) is 0 Å². The van der Waals surface area contributed by atoms with Crippen LogP contribution in [0.25, 0.3) is 0 Å². The Bertz CT molecular complexity index is 744. The molecular weight excluding hydrogens is 322 g/mol. The van der Waals surface area contributed by atoms with E-state index in [4.69, 9.17) is 9.47 Å². The largest absolute Gasteiger partial charge is 0.497 e. The first kappa shape index (κ1) is 18.3. The smallest absolute Gasteiger partial charge is 0.337 e. The van der Waals surface area contributed by atoms with Crippen LogP contribution in [0.5, 0.6) is 11.5 Å². The maximum Gasteiger partial charge on any atom is 0.337 e. The molecule has 0 radical (unpaired) electrons. The van der Waals surface area contributed by atoms with Gasteiger partial charge in [0, 0.05) is 11.8 Å². The molecular formula is C19H21NO5. The Hall–Kier alpha value is -3.02. The van der Waals surface area contributed by atoms with Gasteiger partial charge in [-0.05, 0) is 36.8 Å². The van der Waals surface area contributed by atoms with Crippen molar-refractivity contribution >= 4 is 17.6 Å². The molecule has 0 aliphatic rings. The normalized spacial score (nSPS) is 11.3. The number of hydrogen-bond donors (Lipinski definition) is 1. The molecule has 6 heteroatoms. The van der Waals surface area contributed by atoms with Crippen LogP contribution >= 0.6 is 0 Å². The first-order valence-electron chi connectivity index (χ1n) is 7.87. The van der Waals surface area contributed by atoms with Crippen LogP contribution in [0.3, 0.4) is 0 Å². The summed E-state index contributed by atoms with van der Waals surface area (Å²) in [4.78, 5) is 24.0. The summed E-state index contributed by atoms with van der Waals surface area (Å²) in [6, 6.07) is 13.6. The quantitative estimate of drug-likeness (QED) is 0.781. The van der Waals surface area contributed by atoms with Crippen molar-refractivity contribution in [2.45, 2.75) is 19.4 Å². The van der Waals surface area contributed by atoms with E-state index in [-0.39, 0.29) is 5.91 Å². The van der Waals surface area contributed by atoms with Crippen molar-refractivity contribution in [1.29, 1.82) is 0 Å². The highest BCUT2D eigenvalue weighted by Gasteiger charge is 2.19. The van der Waals surface area contributed by atoms with Gasteiger partial charge in [0.15, 0.2) is 6.10 Å². The van der Waals surface area contributed by atoms with Crippen LogP contribution in [-0.4, -0.2) is 32.2 Å². The number of rotatable bonds is 7. The molecule has 132 valence electrons. The molecule has 0 saturated heterocycles. The van der Waals surface area contributed by atoms with Gasteiger partial charge in [0.05, 0.1) is 19.8 Å². The number of nitrogens with one attached hydrogen (secondary N) is 1. The Morgan fingerprint density at radius 3 is 2.44 bits per heavy atom. The van der Waals surface area contributed by atoms with Crippen molar-refractivity contribution in [3.63, 3.8) is 0 Å². The van der Waals surface area contributed by atoms with Crippen LogP contribution in [0.2, 0.25) is 0 Å². The highest BCUT2D eigenvalue weighted by Crippen LogP contribution is 2.21. The van der Waals surface area contributed by atoms with E-state index in [2.05, 4.69) is 10.1 Å². The molecule has 0 bridgehead atoms. The van der Waals surface area contributed by atoms with Gasteiger partial charge in [-0.1, -0.05) is 19.1 Å². The molecule has 1 N–H and O–H groups in total. The molecule has 0 heterocycles. The number of benzene rings is 2. The Kier molecular flexibility index (Phi) is 6.39. The fourth-order valence-corrected chi connectivity index (χ4v) is 2.23. The molecule has 6 nitrogen and oxygen atoms in total. The molecule has 0 spiro atoms. The van der Waals surface area contributed by atoms with Gasteiger partial charge in [-0.25, -0.2) is 4.79 Å². The third-order valence-corrected chi connectivity index (χ3v) is 3.53. The summed E-state index contributed by atoms with van der Waals surface area (Å²) in [5, 5.41) is 2.76. The van der Waals surface area contributed by atoms with Gasteiger partial charge < -0.3 is 19.5 Å². The molecule has 2 aromatic carbocycles. The molecule has 25 heavy (non-hydrogen) atoms. The lowest BCUT2D eigenvalue weighted by atomic mass is 10.2. The zero-order valence-corrected chi connectivity index (χ0v) is 14.4. The van der Waals surface area contributed by atoms with Gasteiger partial charge >= 0.3 is 5.97 Å². The third kappa shape index (κ3) is 4.97. The van der Waals surface area contributed by atoms with Crippen LogP contribution in [0.4, 0.5) is 5.69 Å². The van der Waals surface area contributed by atoms with Gasteiger partial charge in [0.25, 0.3) is 5.91 Å². The zero-order chi connectivity index (χ0) is 18.2. The number of esters is 1. The van der Waals surface area contributed by atoms with Crippen LogP contribution in [0.15, 0.2) is 48.5 Å². The maximum absolute atomic E-state index is 12.5. The molecule has 1 atom stereocenters. The zero-order valence-electron chi connectivity index (χ0n) is 14.4. The number of carbonyl (C=O) groups is 2. The number of amides is 1. The molecule has 0 aliphatic heterocycles. The molecule has 0 saturated carbocycles. The summed E-state index contributed by atoms with van der Waals surface area (Å²) >= 11 is 0. The van der Waals surface area contributed by atoms with E-state index < -0.39 is 12.1 Å². The molecule has 0 aliphatic carbocycles. The van der Waals surface area contributed by atoms with Crippen molar-refractivity contribution in [3.8, 4) is 11.5 Å². The molecule has 2 rings (SSSR count). The monoisotopic (exact) mass is 343 g/mol. The van der Waals surface area contributed by atoms with E-state index in [0.29, 0.717) is 29.2 Å². The van der Waals surface area contributed by atoms with E-state index in [1.54, 1.807) is 55.6 Å². The number of hydrogen-bond acceptors (Lipinski definition) is 5. The second kappa shape index (κ2) is 8.73. The lowest BCUT2D eigenvalue weighted by molar-refractivity contribution is -0.122. The summed E-state index contributed by atoms with van der Waals surface area (Å²) in [7, 11) is 2.88. The van der Waals surface area contributed by atoms with E-state index in [0.717, 1.165) is 0 Å². The SMILES string of the molecule is CCC(Oc1cccc(OC)c1)C(=O)Nc1cccc(C(=O)OC)c1. The fourth-order valence-electron chi connectivity index (χ4n) is 2.23. The summed E-state index contributed by atoms with van der Waals surface area (Å²) in [5.41, 5.74) is 0.864. The average Bonchev–Trinajstić information content (AvgIpc) is 2.65. The first-order valence-corrected chi connectivity index (χ1v) is 7.87. The Morgan fingerprint density at radius 2 is 1.76 bits per heavy atom. The van der Waals surface area contributed by atoms with Gasteiger partial charge in [-0.2, -0.15) is 0 Å². The minimum absolute atomic E-state index is 0.299. The molecule has 0 fully saturated rings. The third-order valence-electron chi connectivity index (χ3n) is 3.53. The lowest BCUT2D eigenvalue weighted by Crippen LogP contribution is -2.32. The van der Waals surface area contributed by atoms with Gasteiger partial charge in [0.2, 0.25) is 0 Å². The van der Waals surface area contributed by atoms with Gasteiger partial charge in [0.1, 0.15) is 11.5 Å². The summed E-state index contributed by atoms with van der Waals surface area (Å²) in [6.45, 7) is 1.86. The van der Waals surface area contributed by atoms with Crippen molar-refractivity contribution in [2.75, 3.05) is 19.5 Å². The standard InChI is InChI=1S/C19H21NO5/c1-4-17(25-16-10-6-9-15(12-16)23-2)18(21)20-14-8-5-7-13(11-14)19(22)24-3/h5-12,17H,4H2,1-3H3,(H,20,21). The van der Waals surface area contributed by atoms with Crippen LogP contribution in [0.1, 0.15) is 23.7 Å². The summed E-state index contributed by atoms with van der Waals surface area (Å²) < 4.78 is 15.6. The number of anilines is 1. The molecule has 1 unspecified atom stereocenters. The molecule has 1 amide bonds. The lowest BCUT2D eigenvalue weighted by Gasteiger charge is -2.18. The first-order chi connectivity index (χ1) is 12.1. The van der Waals surface area contributed by atoms with Crippen molar-refractivity contribution < 1.29 is 23.8 Å². The van der Waals surface area contributed by atoms with E-state index in [1.165, 1.54) is 7.11 Å². The fraction of sp³-hybridized carbons (Fsp3) is 0.263. The van der Waals surface area contributed by atoms with Crippen molar-refractivity contribution in [2.24, 2.45) is 0 Å². The van der Waals surface area contributed by atoms with E-state index in [9.17, 15) is 9.59 Å². The molecule has 0 aromatic heterocycles. The molecule has 2 aromatic rings. The van der Waals surface area contributed by atoms with Crippen molar-refractivity contribution in [1.82, 2.24) is 0 Å².